The Labute approximate surface area is 95.4 Å². The second kappa shape index (κ2) is 4.25. The van der Waals surface area contributed by atoms with Crippen molar-refractivity contribution in [2.24, 2.45) is 0 Å². The lowest BCUT2D eigenvalue weighted by Crippen LogP contribution is -1.94. The molecule has 1 aromatic carbocycles. The number of aromatic carboxylic acids is 1. The van der Waals surface area contributed by atoms with Crippen molar-refractivity contribution in [1.29, 1.82) is 0 Å². The predicted octanol–water partition coefficient (Wildman–Crippen LogP) is 2.19. The summed E-state index contributed by atoms with van der Waals surface area (Å²) in [5.74, 6) is -1.55. The molecule has 0 aliphatic rings. The molecule has 1 N–H and O–H groups in total. The second-order valence-corrected chi connectivity index (χ2v) is 3.20. The maximum Gasteiger partial charge on any atom is 0.358 e. The summed E-state index contributed by atoms with van der Waals surface area (Å²) in [6, 6.07) is 5.39. The third kappa shape index (κ3) is 1.96. The van der Waals surface area contributed by atoms with Gasteiger partial charge >= 0.3 is 5.97 Å². The minimum atomic E-state index is -1.24. The van der Waals surface area contributed by atoms with Crippen molar-refractivity contribution in [3.63, 3.8) is 0 Å². The van der Waals surface area contributed by atoms with E-state index in [-0.39, 0.29) is 22.8 Å². The highest BCUT2D eigenvalue weighted by molar-refractivity contribution is 5.86. The number of carboxylic acids is 1. The van der Waals surface area contributed by atoms with Crippen LogP contribution in [0, 0.1) is 5.82 Å². The summed E-state index contributed by atoms with van der Waals surface area (Å²) in [4.78, 5) is 10.6. The van der Waals surface area contributed by atoms with E-state index in [9.17, 15) is 9.18 Å². The Morgan fingerprint density at radius 3 is 2.88 bits per heavy atom. The van der Waals surface area contributed by atoms with E-state index in [1.54, 1.807) is 6.07 Å². The van der Waals surface area contributed by atoms with Gasteiger partial charge < -0.3 is 14.4 Å². The molecule has 0 unspecified atom stereocenters. The molecule has 0 aliphatic carbocycles. The van der Waals surface area contributed by atoms with Crippen molar-refractivity contribution in [3.8, 4) is 17.1 Å². The van der Waals surface area contributed by atoms with Crippen LogP contribution >= 0.6 is 0 Å². The summed E-state index contributed by atoms with van der Waals surface area (Å²) >= 11 is 0. The largest absolute Gasteiger partial charge is 0.496 e. The molecular formula is C11H8FNO4. The monoisotopic (exact) mass is 237 g/mol. The molecule has 1 heterocycles. The van der Waals surface area contributed by atoms with Gasteiger partial charge in [0.05, 0.1) is 12.7 Å². The number of ether oxygens (including phenoxy) is 1. The first-order chi connectivity index (χ1) is 8.13. The molecule has 0 saturated carbocycles. The molecule has 0 saturated heterocycles. The Hall–Kier alpha value is -2.37. The molecule has 0 radical (unpaired) electrons. The van der Waals surface area contributed by atoms with Gasteiger partial charge in [-0.3, -0.25) is 0 Å². The van der Waals surface area contributed by atoms with Gasteiger partial charge in [-0.1, -0.05) is 11.2 Å². The van der Waals surface area contributed by atoms with Crippen molar-refractivity contribution in [1.82, 2.24) is 5.16 Å². The molecule has 2 rings (SSSR count). The highest BCUT2D eigenvalue weighted by atomic mass is 19.1. The van der Waals surface area contributed by atoms with Crippen LogP contribution < -0.4 is 4.74 Å². The van der Waals surface area contributed by atoms with Gasteiger partial charge in [0.2, 0.25) is 0 Å². The molecule has 2 aromatic rings. The molecule has 0 fully saturated rings. The highest BCUT2D eigenvalue weighted by Gasteiger charge is 2.18. The molecule has 0 spiro atoms. The average molecular weight is 237 g/mol. The smallest absolute Gasteiger partial charge is 0.358 e. The van der Waals surface area contributed by atoms with Gasteiger partial charge in [-0.15, -0.1) is 0 Å². The molecule has 0 atom stereocenters. The number of rotatable bonds is 3. The topological polar surface area (TPSA) is 72.6 Å². The summed E-state index contributed by atoms with van der Waals surface area (Å²) < 4.78 is 23.4. The van der Waals surface area contributed by atoms with E-state index in [2.05, 4.69) is 5.16 Å². The summed E-state index contributed by atoms with van der Waals surface area (Å²) in [6.45, 7) is 0. The first kappa shape index (κ1) is 11.1. The molecule has 0 amide bonds. The van der Waals surface area contributed by atoms with Gasteiger partial charge in [-0.05, 0) is 12.1 Å². The summed E-state index contributed by atoms with van der Waals surface area (Å²) in [5.41, 5.74) is -0.236. The van der Waals surface area contributed by atoms with Crippen LogP contribution in [-0.4, -0.2) is 23.3 Å². The van der Waals surface area contributed by atoms with Crippen molar-refractivity contribution >= 4 is 5.97 Å². The number of carbonyl (C=O) groups is 1. The summed E-state index contributed by atoms with van der Waals surface area (Å²) in [5, 5.41) is 12.0. The Morgan fingerprint density at radius 1 is 1.53 bits per heavy atom. The first-order valence-corrected chi connectivity index (χ1v) is 4.66. The lowest BCUT2D eigenvalue weighted by atomic mass is 10.1. The van der Waals surface area contributed by atoms with E-state index in [4.69, 9.17) is 14.4 Å². The Morgan fingerprint density at radius 2 is 2.29 bits per heavy atom. The fraction of sp³-hybridized carbons (Fsp3) is 0.0909. The van der Waals surface area contributed by atoms with E-state index in [1.807, 2.05) is 0 Å². The van der Waals surface area contributed by atoms with E-state index in [0.29, 0.717) is 0 Å². The minimum absolute atomic E-state index is 0.0114. The number of halogens is 1. The van der Waals surface area contributed by atoms with Gasteiger partial charge in [0.1, 0.15) is 11.6 Å². The van der Waals surface area contributed by atoms with Crippen molar-refractivity contribution < 1.29 is 23.6 Å². The first-order valence-electron chi connectivity index (χ1n) is 4.66. The molecule has 0 aliphatic heterocycles. The fourth-order valence-corrected chi connectivity index (χ4v) is 1.41. The van der Waals surface area contributed by atoms with Gasteiger partial charge in [0, 0.05) is 6.07 Å². The van der Waals surface area contributed by atoms with Gasteiger partial charge in [0.15, 0.2) is 11.5 Å². The van der Waals surface area contributed by atoms with E-state index < -0.39 is 11.8 Å². The van der Waals surface area contributed by atoms with Crippen LogP contribution in [0.4, 0.5) is 4.39 Å². The zero-order chi connectivity index (χ0) is 12.4. The van der Waals surface area contributed by atoms with Crippen LogP contribution in [0.2, 0.25) is 0 Å². The van der Waals surface area contributed by atoms with Crippen molar-refractivity contribution in [3.05, 3.63) is 35.8 Å². The van der Waals surface area contributed by atoms with Crippen LogP contribution in [0.3, 0.4) is 0 Å². The fourth-order valence-electron chi connectivity index (χ4n) is 1.41. The van der Waals surface area contributed by atoms with Crippen LogP contribution in [-0.2, 0) is 0 Å². The highest BCUT2D eigenvalue weighted by Crippen LogP contribution is 2.32. The lowest BCUT2D eigenvalue weighted by Gasteiger charge is -2.05. The van der Waals surface area contributed by atoms with E-state index in [1.165, 1.54) is 19.2 Å². The quantitative estimate of drug-likeness (QED) is 0.885. The number of carboxylic acid groups (broad SMARTS) is 1. The zero-order valence-electron chi connectivity index (χ0n) is 8.81. The predicted molar refractivity (Wildman–Crippen MR) is 55.4 cm³/mol. The van der Waals surface area contributed by atoms with Gasteiger partial charge in [-0.25, -0.2) is 9.18 Å². The Bertz CT molecular complexity index is 564. The molecule has 0 bridgehead atoms. The molecule has 5 nitrogen and oxygen atoms in total. The van der Waals surface area contributed by atoms with Crippen LogP contribution in [0.15, 0.2) is 28.8 Å². The number of hydrogen-bond donors (Lipinski definition) is 1. The van der Waals surface area contributed by atoms with Crippen LogP contribution in [0.25, 0.3) is 11.3 Å². The maximum absolute atomic E-state index is 13.6. The summed E-state index contributed by atoms with van der Waals surface area (Å²) in [6.07, 6.45) is 0. The Kier molecular flexibility index (Phi) is 2.78. The van der Waals surface area contributed by atoms with E-state index >= 15 is 0 Å². The van der Waals surface area contributed by atoms with Crippen LogP contribution in [0.5, 0.6) is 5.75 Å². The molecule has 1 aromatic heterocycles. The second-order valence-electron chi connectivity index (χ2n) is 3.20. The number of nitrogens with zero attached hydrogens (tertiary/aromatic N) is 1. The van der Waals surface area contributed by atoms with Gasteiger partial charge in [-0.2, -0.15) is 0 Å². The van der Waals surface area contributed by atoms with Crippen molar-refractivity contribution in [2.45, 2.75) is 0 Å². The molecule has 88 valence electrons. The molecule has 6 heteroatoms. The SMILES string of the molecule is COc1cccc(F)c1-c1cc(C(=O)O)no1. The number of aromatic nitrogens is 1. The van der Waals surface area contributed by atoms with E-state index in [0.717, 1.165) is 6.07 Å². The third-order valence-electron chi connectivity index (χ3n) is 2.17. The standard InChI is InChI=1S/C11H8FNO4/c1-16-8-4-2-3-6(12)10(8)9-5-7(11(14)15)13-17-9/h2-5H,1H3,(H,14,15). The number of benzene rings is 1. The average Bonchev–Trinajstić information content (AvgIpc) is 2.77. The number of hydrogen-bond acceptors (Lipinski definition) is 4. The Balaban J connectivity index is 2.55. The van der Waals surface area contributed by atoms with Crippen molar-refractivity contribution in [2.75, 3.05) is 7.11 Å². The molecular weight excluding hydrogens is 229 g/mol. The third-order valence-corrected chi connectivity index (χ3v) is 2.17. The summed E-state index contributed by atoms with van der Waals surface area (Å²) in [7, 11) is 1.38. The van der Waals surface area contributed by atoms with Gasteiger partial charge in [0.25, 0.3) is 0 Å². The van der Waals surface area contributed by atoms with Crippen LogP contribution in [0.1, 0.15) is 10.5 Å². The normalized spacial score (nSPS) is 10.2. The lowest BCUT2D eigenvalue weighted by molar-refractivity contribution is 0.0686. The number of methoxy groups -OCH3 is 1. The minimum Gasteiger partial charge on any atom is -0.496 e. The maximum atomic E-state index is 13.6. The molecule has 17 heavy (non-hydrogen) atoms. The zero-order valence-corrected chi connectivity index (χ0v) is 8.81.